The molecule has 0 radical (unpaired) electrons. The van der Waals surface area contributed by atoms with E-state index in [2.05, 4.69) is 10.6 Å². The number of nitrogens with one attached hydrogen (secondary N) is 2. The first-order chi connectivity index (χ1) is 9.61. The third kappa shape index (κ3) is 4.18. The number of anilines is 1. The number of rotatable bonds is 6. The fraction of sp³-hybridized carbons (Fsp3) is 0.500. The summed E-state index contributed by atoms with van der Waals surface area (Å²) in [5.41, 5.74) is 0.216. The average molecular weight is 313 g/mol. The van der Waals surface area contributed by atoms with Gasteiger partial charge in [-0.1, -0.05) is 0 Å². The number of benzene rings is 1. The van der Waals surface area contributed by atoms with Crippen molar-refractivity contribution in [2.24, 2.45) is 5.41 Å². The zero-order valence-corrected chi connectivity index (χ0v) is 13.9. The lowest BCUT2D eigenvalue weighted by molar-refractivity contribution is -0.128. The van der Waals surface area contributed by atoms with Crippen LogP contribution in [-0.2, 0) is 14.8 Å². The first-order valence-electron chi connectivity index (χ1n) is 6.60. The molecule has 1 amide bonds. The van der Waals surface area contributed by atoms with Gasteiger partial charge >= 0.3 is 0 Å². The molecule has 0 saturated heterocycles. The molecule has 0 aromatic heterocycles. The van der Waals surface area contributed by atoms with Crippen molar-refractivity contribution in [3.8, 4) is 0 Å². The minimum Gasteiger partial charge on any atom is -0.384 e. The molecule has 0 aliphatic rings. The Morgan fingerprint density at radius 1 is 1.19 bits per heavy atom. The summed E-state index contributed by atoms with van der Waals surface area (Å²) < 4.78 is 25.1. The monoisotopic (exact) mass is 313 g/mol. The van der Waals surface area contributed by atoms with Crippen LogP contribution in [0.15, 0.2) is 29.2 Å². The van der Waals surface area contributed by atoms with Crippen LogP contribution in [0, 0.1) is 5.41 Å². The third-order valence-corrected chi connectivity index (χ3v) is 5.04. The molecule has 0 saturated carbocycles. The standard InChI is InChI=1S/C14H23N3O3S/c1-14(2,13(18)15-3)10-16-11-6-8-12(9-7-11)21(19,20)17(4)5/h6-9,16H,10H2,1-5H3,(H,15,18). The maximum atomic E-state index is 11.9. The van der Waals surface area contributed by atoms with Gasteiger partial charge in [-0.05, 0) is 38.1 Å². The van der Waals surface area contributed by atoms with Crippen molar-refractivity contribution in [3.63, 3.8) is 0 Å². The van der Waals surface area contributed by atoms with Gasteiger partial charge in [-0.2, -0.15) is 0 Å². The number of nitrogens with zero attached hydrogens (tertiary/aromatic N) is 1. The molecule has 0 bridgehead atoms. The summed E-state index contributed by atoms with van der Waals surface area (Å²) in [6, 6.07) is 6.47. The number of hydrogen-bond acceptors (Lipinski definition) is 4. The molecule has 7 heteroatoms. The van der Waals surface area contributed by atoms with E-state index in [1.54, 1.807) is 31.3 Å². The molecule has 0 heterocycles. The van der Waals surface area contributed by atoms with E-state index in [1.807, 2.05) is 13.8 Å². The van der Waals surface area contributed by atoms with Crippen LogP contribution in [0.2, 0.25) is 0 Å². The van der Waals surface area contributed by atoms with Gasteiger partial charge in [0.1, 0.15) is 0 Å². The number of carbonyl (C=O) groups excluding carboxylic acids is 1. The Kier molecular flexibility index (Phi) is 5.36. The highest BCUT2D eigenvalue weighted by atomic mass is 32.2. The molecule has 0 fully saturated rings. The highest BCUT2D eigenvalue weighted by Crippen LogP contribution is 2.19. The van der Waals surface area contributed by atoms with Crippen molar-refractivity contribution in [1.29, 1.82) is 0 Å². The van der Waals surface area contributed by atoms with Gasteiger partial charge < -0.3 is 10.6 Å². The molecule has 118 valence electrons. The van der Waals surface area contributed by atoms with Crippen LogP contribution in [-0.4, -0.2) is 46.3 Å². The topological polar surface area (TPSA) is 78.5 Å². The summed E-state index contributed by atoms with van der Waals surface area (Å²) in [7, 11) is 1.18. The van der Waals surface area contributed by atoms with E-state index in [-0.39, 0.29) is 10.8 Å². The summed E-state index contributed by atoms with van der Waals surface area (Å²) in [5, 5.41) is 5.76. The molecule has 21 heavy (non-hydrogen) atoms. The molecule has 0 aliphatic heterocycles. The molecule has 0 spiro atoms. The van der Waals surface area contributed by atoms with Gasteiger partial charge in [0.15, 0.2) is 0 Å². The Balaban J connectivity index is 2.79. The maximum absolute atomic E-state index is 11.9. The van der Waals surface area contributed by atoms with Gasteiger partial charge in [-0.3, -0.25) is 4.79 Å². The molecule has 1 aromatic carbocycles. The lowest BCUT2D eigenvalue weighted by Gasteiger charge is -2.23. The van der Waals surface area contributed by atoms with E-state index in [0.29, 0.717) is 6.54 Å². The van der Waals surface area contributed by atoms with Crippen molar-refractivity contribution in [3.05, 3.63) is 24.3 Å². The fourth-order valence-electron chi connectivity index (χ4n) is 1.70. The average Bonchev–Trinajstić information content (AvgIpc) is 2.44. The summed E-state index contributed by atoms with van der Waals surface area (Å²) in [4.78, 5) is 11.9. The first-order valence-corrected chi connectivity index (χ1v) is 8.04. The third-order valence-electron chi connectivity index (χ3n) is 3.21. The SMILES string of the molecule is CNC(=O)C(C)(C)CNc1ccc(S(=O)(=O)N(C)C)cc1. The molecular weight excluding hydrogens is 290 g/mol. The molecule has 1 aromatic rings. The van der Waals surface area contributed by atoms with Crippen molar-refractivity contribution in [1.82, 2.24) is 9.62 Å². The molecule has 2 N–H and O–H groups in total. The largest absolute Gasteiger partial charge is 0.384 e. The molecular formula is C14H23N3O3S. The summed E-state index contributed by atoms with van der Waals surface area (Å²) in [5.74, 6) is -0.0539. The molecule has 6 nitrogen and oxygen atoms in total. The second kappa shape index (κ2) is 6.44. The Morgan fingerprint density at radius 2 is 1.71 bits per heavy atom. The lowest BCUT2D eigenvalue weighted by Crippen LogP contribution is -2.39. The maximum Gasteiger partial charge on any atom is 0.242 e. The summed E-state index contributed by atoms with van der Waals surface area (Å²) in [6.07, 6.45) is 0. The number of amides is 1. The van der Waals surface area contributed by atoms with Crippen LogP contribution in [0.5, 0.6) is 0 Å². The summed E-state index contributed by atoms with van der Waals surface area (Å²) >= 11 is 0. The zero-order valence-electron chi connectivity index (χ0n) is 13.1. The quantitative estimate of drug-likeness (QED) is 0.825. The molecule has 0 atom stereocenters. The van der Waals surface area contributed by atoms with Gasteiger partial charge in [0.2, 0.25) is 15.9 Å². The van der Waals surface area contributed by atoms with E-state index in [1.165, 1.54) is 18.4 Å². The van der Waals surface area contributed by atoms with Crippen molar-refractivity contribution in [2.75, 3.05) is 33.0 Å². The molecule has 0 unspecified atom stereocenters. The first kappa shape index (κ1) is 17.5. The molecule has 0 aliphatic carbocycles. The smallest absolute Gasteiger partial charge is 0.242 e. The van der Waals surface area contributed by atoms with Crippen LogP contribution >= 0.6 is 0 Å². The number of hydrogen-bond donors (Lipinski definition) is 2. The Morgan fingerprint density at radius 3 is 2.14 bits per heavy atom. The van der Waals surface area contributed by atoms with Crippen molar-refractivity contribution >= 4 is 21.6 Å². The van der Waals surface area contributed by atoms with Crippen LogP contribution in [0.1, 0.15) is 13.8 Å². The lowest BCUT2D eigenvalue weighted by atomic mass is 9.92. The Hall–Kier alpha value is -1.60. The van der Waals surface area contributed by atoms with E-state index in [4.69, 9.17) is 0 Å². The van der Waals surface area contributed by atoms with E-state index < -0.39 is 15.4 Å². The number of carbonyl (C=O) groups is 1. The van der Waals surface area contributed by atoms with Crippen molar-refractivity contribution < 1.29 is 13.2 Å². The van der Waals surface area contributed by atoms with Crippen LogP contribution < -0.4 is 10.6 Å². The van der Waals surface area contributed by atoms with Crippen LogP contribution in [0.3, 0.4) is 0 Å². The van der Waals surface area contributed by atoms with Gasteiger partial charge in [0.25, 0.3) is 0 Å². The normalized spacial score (nSPS) is 12.3. The highest BCUT2D eigenvalue weighted by molar-refractivity contribution is 7.89. The number of sulfonamides is 1. The molecule has 1 rings (SSSR count). The minimum absolute atomic E-state index is 0.0539. The van der Waals surface area contributed by atoms with Crippen LogP contribution in [0.25, 0.3) is 0 Å². The van der Waals surface area contributed by atoms with Gasteiger partial charge in [-0.15, -0.1) is 0 Å². The van der Waals surface area contributed by atoms with Gasteiger partial charge in [0.05, 0.1) is 10.3 Å². The predicted molar refractivity (Wildman–Crippen MR) is 83.7 cm³/mol. The zero-order chi connectivity index (χ0) is 16.3. The second-order valence-electron chi connectivity index (χ2n) is 5.63. The highest BCUT2D eigenvalue weighted by Gasteiger charge is 2.26. The summed E-state index contributed by atoms with van der Waals surface area (Å²) in [6.45, 7) is 4.12. The van der Waals surface area contributed by atoms with Crippen molar-refractivity contribution in [2.45, 2.75) is 18.7 Å². The predicted octanol–water partition coefficient (Wildman–Crippen LogP) is 1.12. The van der Waals surface area contributed by atoms with Gasteiger partial charge in [0, 0.05) is 33.4 Å². The Bertz CT molecular complexity index is 592. The van der Waals surface area contributed by atoms with Crippen LogP contribution in [0.4, 0.5) is 5.69 Å². The van der Waals surface area contributed by atoms with Gasteiger partial charge in [-0.25, -0.2) is 12.7 Å². The Labute approximate surface area is 126 Å². The second-order valence-corrected chi connectivity index (χ2v) is 7.78. The fourth-order valence-corrected chi connectivity index (χ4v) is 2.60. The van der Waals surface area contributed by atoms with E-state index in [9.17, 15) is 13.2 Å². The van der Waals surface area contributed by atoms with E-state index in [0.717, 1.165) is 5.69 Å². The minimum atomic E-state index is -3.41. The van der Waals surface area contributed by atoms with E-state index >= 15 is 0 Å².